The van der Waals surface area contributed by atoms with Crippen molar-refractivity contribution >= 4 is 5.69 Å². The van der Waals surface area contributed by atoms with Gasteiger partial charge in [-0.25, -0.2) is 4.68 Å². The predicted molar refractivity (Wildman–Crippen MR) is 63.7 cm³/mol. The highest BCUT2D eigenvalue weighted by Gasteiger charge is 2.15. The summed E-state index contributed by atoms with van der Waals surface area (Å²) in [5, 5.41) is 4.34. The number of rotatable bonds is 6. The van der Waals surface area contributed by atoms with Crippen LogP contribution in [0.3, 0.4) is 0 Å². The number of hydrogen-bond donors (Lipinski definition) is 1. The Morgan fingerprint density at radius 1 is 1.38 bits per heavy atom. The largest absolute Gasteiger partial charge is 0.476 e. The molecular formula is C11H21N3O2. The zero-order valence-electron chi connectivity index (χ0n) is 10.5. The average Bonchev–Trinajstić information content (AvgIpc) is 2.52. The molecule has 16 heavy (non-hydrogen) atoms. The van der Waals surface area contributed by atoms with Crippen LogP contribution in [0.1, 0.15) is 32.0 Å². The number of nitrogen functional groups attached to an aromatic ring is 1. The molecule has 1 rings (SSSR count). The molecule has 0 aliphatic carbocycles. The average molecular weight is 227 g/mol. The molecule has 1 heterocycles. The number of aromatic nitrogens is 2. The molecule has 0 amide bonds. The summed E-state index contributed by atoms with van der Waals surface area (Å²) < 4.78 is 12.4. The lowest BCUT2D eigenvalue weighted by Gasteiger charge is -2.12. The van der Waals surface area contributed by atoms with Gasteiger partial charge < -0.3 is 15.2 Å². The molecule has 1 aromatic rings. The molecule has 0 aliphatic rings. The maximum Gasteiger partial charge on any atom is 0.236 e. The first-order valence-electron chi connectivity index (χ1n) is 5.54. The minimum Gasteiger partial charge on any atom is -0.476 e. The van der Waals surface area contributed by atoms with E-state index in [0.29, 0.717) is 24.8 Å². The van der Waals surface area contributed by atoms with Gasteiger partial charge in [-0.2, -0.15) is 5.10 Å². The number of aryl methyl sites for hydroxylation is 1. The van der Waals surface area contributed by atoms with Gasteiger partial charge in [0.15, 0.2) is 0 Å². The van der Waals surface area contributed by atoms with Crippen LogP contribution in [0.2, 0.25) is 0 Å². The standard InChI is InChI=1S/C11H21N3O2/c1-8(2)14-11(10(12)9(3)13-14)16-7-5-6-15-4/h8H,5-7,12H2,1-4H3. The molecule has 2 N–H and O–H groups in total. The Labute approximate surface area is 96.5 Å². The van der Waals surface area contributed by atoms with Gasteiger partial charge in [-0.1, -0.05) is 0 Å². The molecule has 0 bridgehead atoms. The first-order chi connectivity index (χ1) is 7.57. The number of ether oxygens (including phenoxy) is 2. The van der Waals surface area contributed by atoms with Crippen LogP contribution in [0.15, 0.2) is 0 Å². The van der Waals surface area contributed by atoms with Gasteiger partial charge in [0.2, 0.25) is 5.88 Å². The fraction of sp³-hybridized carbons (Fsp3) is 0.727. The van der Waals surface area contributed by atoms with Crippen molar-refractivity contribution in [3.8, 4) is 5.88 Å². The van der Waals surface area contributed by atoms with Crippen LogP contribution in [0, 0.1) is 6.92 Å². The molecule has 0 aromatic carbocycles. The van der Waals surface area contributed by atoms with Crippen LogP contribution < -0.4 is 10.5 Å². The minimum absolute atomic E-state index is 0.244. The molecular weight excluding hydrogens is 206 g/mol. The molecule has 0 spiro atoms. The first kappa shape index (κ1) is 12.8. The molecule has 0 unspecified atom stereocenters. The van der Waals surface area contributed by atoms with E-state index in [-0.39, 0.29) is 6.04 Å². The van der Waals surface area contributed by atoms with Crippen molar-refractivity contribution in [1.82, 2.24) is 9.78 Å². The third-order valence-electron chi connectivity index (χ3n) is 2.31. The Morgan fingerprint density at radius 3 is 2.62 bits per heavy atom. The van der Waals surface area contributed by atoms with Crippen LogP contribution in [-0.4, -0.2) is 30.1 Å². The summed E-state index contributed by atoms with van der Waals surface area (Å²) in [5.74, 6) is 0.670. The van der Waals surface area contributed by atoms with Gasteiger partial charge in [0.25, 0.3) is 0 Å². The van der Waals surface area contributed by atoms with Gasteiger partial charge in [-0.05, 0) is 20.8 Å². The van der Waals surface area contributed by atoms with Crippen molar-refractivity contribution in [2.24, 2.45) is 0 Å². The second-order valence-electron chi connectivity index (χ2n) is 4.04. The van der Waals surface area contributed by atoms with Crippen molar-refractivity contribution in [3.05, 3.63) is 5.69 Å². The highest BCUT2D eigenvalue weighted by Crippen LogP contribution is 2.27. The van der Waals surface area contributed by atoms with E-state index in [2.05, 4.69) is 5.10 Å². The number of hydrogen-bond acceptors (Lipinski definition) is 4. The smallest absolute Gasteiger partial charge is 0.236 e. The van der Waals surface area contributed by atoms with E-state index in [1.165, 1.54) is 0 Å². The van der Waals surface area contributed by atoms with Crippen molar-refractivity contribution < 1.29 is 9.47 Å². The van der Waals surface area contributed by atoms with E-state index < -0.39 is 0 Å². The lowest BCUT2D eigenvalue weighted by molar-refractivity contribution is 0.167. The number of anilines is 1. The lowest BCUT2D eigenvalue weighted by atomic mass is 10.4. The quantitative estimate of drug-likeness (QED) is 0.752. The van der Waals surface area contributed by atoms with Gasteiger partial charge in [0, 0.05) is 20.1 Å². The summed E-state index contributed by atoms with van der Waals surface area (Å²) in [6.45, 7) is 7.27. The second kappa shape index (κ2) is 5.75. The zero-order chi connectivity index (χ0) is 12.1. The van der Waals surface area contributed by atoms with E-state index in [1.54, 1.807) is 7.11 Å². The molecule has 0 radical (unpaired) electrons. The first-order valence-corrected chi connectivity index (χ1v) is 5.54. The predicted octanol–water partition coefficient (Wildman–Crippen LogP) is 1.77. The number of nitrogens with zero attached hydrogens (tertiary/aromatic N) is 2. The summed E-state index contributed by atoms with van der Waals surface area (Å²) in [5.41, 5.74) is 7.36. The molecule has 5 heteroatoms. The van der Waals surface area contributed by atoms with Gasteiger partial charge in [0.05, 0.1) is 18.3 Å². The number of methoxy groups -OCH3 is 1. The molecule has 0 saturated heterocycles. The molecule has 0 atom stereocenters. The van der Waals surface area contributed by atoms with Gasteiger partial charge >= 0.3 is 0 Å². The summed E-state index contributed by atoms with van der Waals surface area (Å²) in [7, 11) is 1.68. The highest BCUT2D eigenvalue weighted by molar-refractivity contribution is 5.52. The lowest BCUT2D eigenvalue weighted by Crippen LogP contribution is -2.10. The maximum atomic E-state index is 5.92. The molecule has 0 fully saturated rings. The Bertz CT molecular complexity index is 334. The fourth-order valence-corrected chi connectivity index (χ4v) is 1.41. The SMILES string of the molecule is COCCCOc1c(N)c(C)nn1C(C)C. The molecule has 0 saturated carbocycles. The van der Waals surface area contributed by atoms with Crippen molar-refractivity contribution in [3.63, 3.8) is 0 Å². The molecule has 1 aromatic heterocycles. The van der Waals surface area contributed by atoms with E-state index in [4.69, 9.17) is 15.2 Å². The van der Waals surface area contributed by atoms with Gasteiger partial charge in [-0.15, -0.1) is 0 Å². The van der Waals surface area contributed by atoms with E-state index in [0.717, 1.165) is 12.1 Å². The van der Waals surface area contributed by atoms with E-state index in [1.807, 2.05) is 25.5 Å². The Hall–Kier alpha value is -1.23. The molecule has 5 nitrogen and oxygen atoms in total. The van der Waals surface area contributed by atoms with Gasteiger partial charge in [0.1, 0.15) is 5.69 Å². The fourth-order valence-electron chi connectivity index (χ4n) is 1.41. The maximum absolute atomic E-state index is 5.92. The van der Waals surface area contributed by atoms with Crippen LogP contribution in [0.4, 0.5) is 5.69 Å². The Balaban J connectivity index is 2.69. The second-order valence-corrected chi connectivity index (χ2v) is 4.04. The van der Waals surface area contributed by atoms with Crippen molar-refractivity contribution in [1.29, 1.82) is 0 Å². The number of nitrogens with two attached hydrogens (primary N) is 1. The monoisotopic (exact) mass is 227 g/mol. The topological polar surface area (TPSA) is 62.3 Å². The van der Waals surface area contributed by atoms with E-state index in [9.17, 15) is 0 Å². The van der Waals surface area contributed by atoms with Crippen LogP contribution >= 0.6 is 0 Å². The summed E-state index contributed by atoms with van der Waals surface area (Å²) in [6.07, 6.45) is 0.845. The summed E-state index contributed by atoms with van der Waals surface area (Å²) in [6, 6.07) is 0.244. The Morgan fingerprint density at radius 2 is 2.06 bits per heavy atom. The van der Waals surface area contributed by atoms with Crippen molar-refractivity contribution in [2.45, 2.75) is 33.2 Å². The van der Waals surface area contributed by atoms with Crippen LogP contribution in [-0.2, 0) is 4.74 Å². The Kier molecular flexibility index (Phi) is 4.61. The van der Waals surface area contributed by atoms with Crippen LogP contribution in [0.25, 0.3) is 0 Å². The summed E-state index contributed by atoms with van der Waals surface area (Å²) >= 11 is 0. The van der Waals surface area contributed by atoms with E-state index >= 15 is 0 Å². The molecule has 92 valence electrons. The third kappa shape index (κ3) is 2.88. The molecule has 0 aliphatic heterocycles. The zero-order valence-corrected chi connectivity index (χ0v) is 10.5. The third-order valence-corrected chi connectivity index (χ3v) is 2.31. The van der Waals surface area contributed by atoms with Gasteiger partial charge in [-0.3, -0.25) is 0 Å². The van der Waals surface area contributed by atoms with Crippen molar-refractivity contribution in [2.75, 3.05) is 26.1 Å². The van der Waals surface area contributed by atoms with Crippen LogP contribution in [0.5, 0.6) is 5.88 Å². The highest BCUT2D eigenvalue weighted by atomic mass is 16.5. The normalized spacial score (nSPS) is 11.1. The summed E-state index contributed by atoms with van der Waals surface area (Å²) in [4.78, 5) is 0. The minimum atomic E-state index is 0.244.